The van der Waals surface area contributed by atoms with Crippen LogP contribution in [-0.2, 0) is 6.54 Å². The first-order valence-corrected chi connectivity index (χ1v) is 13.4. The molecule has 0 saturated carbocycles. The molecule has 4 aromatic rings. The van der Waals surface area contributed by atoms with Gasteiger partial charge in [0.25, 0.3) is 0 Å². The van der Waals surface area contributed by atoms with Crippen LogP contribution >= 0.6 is 0 Å². The molecule has 0 aromatic heterocycles. The summed E-state index contributed by atoms with van der Waals surface area (Å²) in [6.07, 6.45) is 0.618. The van der Waals surface area contributed by atoms with E-state index in [0.29, 0.717) is 42.5 Å². The number of ether oxygens (including phenoxy) is 1. The van der Waals surface area contributed by atoms with E-state index in [4.69, 9.17) is 32.7 Å². The van der Waals surface area contributed by atoms with Crippen LogP contribution in [0.15, 0.2) is 97.1 Å². The number of fused-ring (bicyclic) bond motifs is 3. The van der Waals surface area contributed by atoms with E-state index >= 15 is 0 Å². The Bertz CT molecular complexity index is 1360. The fourth-order valence-electron chi connectivity index (χ4n) is 5.16. The number of hydrogen-bond acceptors (Lipinski definition) is 8. The number of rotatable bonds is 9. The second kappa shape index (κ2) is 10.7. The summed E-state index contributed by atoms with van der Waals surface area (Å²) in [4.78, 5) is 2.15. The predicted octanol–water partition coefficient (Wildman–Crippen LogP) is 5.17. The fourth-order valence-corrected chi connectivity index (χ4v) is 5.16. The van der Waals surface area contributed by atoms with Gasteiger partial charge in [-0.05, 0) is 67.1 Å². The van der Waals surface area contributed by atoms with Gasteiger partial charge >= 0.3 is 21.5 Å². The standard InChI is InChI=1S/C29H26B3NO7/c1-34-22-16-14-21(15-17-22)20-33(32-39-27-12-6-7-13-28(27)40-32)19-18-29(30-35-23-8-2-3-9-24(23)36-30)31-37-25-10-4-5-11-26(25)38-31/h2-17,29H,18-20H2,1H3. The molecule has 0 bridgehead atoms. The zero-order chi connectivity index (χ0) is 26.9. The van der Waals surface area contributed by atoms with Crippen LogP contribution in [0.5, 0.6) is 40.2 Å². The van der Waals surface area contributed by atoms with Crippen LogP contribution < -0.4 is 32.7 Å². The summed E-state index contributed by atoms with van der Waals surface area (Å²) in [5, 5.41) is 0. The molecule has 0 aliphatic carbocycles. The van der Waals surface area contributed by atoms with Crippen molar-refractivity contribution < 1.29 is 32.7 Å². The van der Waals surface area contributed by atoms with Crippen LogP contribution in [0.25, 0.3) is 0 Å². The maximum Gasteiger partial charge on any atom is 0.701 e. The van der Waals surface area contributed by atoms with E-state index in [1.54, 1.807) is 7.11 Å². The average Bonchev–Trinajstić information content (AvgIpc) is 3.73. The van der Waals surface area contributed by atoms with Gasteiger partial charge in [-0.1, -0.05) is 48.5 Å². The van der Waals surface area contributed by atoms with Crippen molar-refractivity contribution >= 4 is 21.5 Å². The zero-order valence-corrected chi connectivity index (χ0v) is 22.0. The minimum Gasteiger partial charge on any atom is -0.523 e. The quantitative estimate of drug-likeness (QED) is 0.273. The van der Waals surface area contributed by atoms with E-state index in [-0.39, 0.29) is 5.72 Å². The number of para-hydroxylation sites is 6. The van der Waals surface area contributed by atoms with E-state index in [2.05, 4.69) is 4.81 Å². The average molecular weight is 533 g/mol. The van der Waals surface area contributed by atoms with Crippen molar-refractivity contribution in [2.45, 2.75) is 18.7 Å². The van der Waals surface area contributed by atoms with E-state index in [1.165, 1.54) is 0 Å². The fraction of sp³-hybridized carbons (Fsp3) is 0.172. The largest absolute Gasteiger partial charge is 0.701 e. The first kappa shape index (κ1) is 24.7. The highest BCUT2D eigenvalue weighted by molar-refractivity contribution is 6.70. The lowest BCUT2D eigenvalue weighted by Gasteiger charge is -2.26. The van der Waals surface area contributed by atoms with Gasteiger partial charge in [0.1, 0.15) is 40.2 Å². The lowest BCUT2D eigenvalue weighted by molar-refractivity contribution is 0.303. The van der Waals surface area contributed by atoms with Gasteiger partial charge in [-0.3, -0.25) is 4.81 Å². The summed E-state index contributed by atoms with van der Waals surface area (Å²) < 4.78 is 42.8. The van der Waals surface area contributed by atoms with Crippen molar-refractivity contribution in [3.05, 3.63) is 103 Å². The Kier molecular flexibility index (Phi) is 6.57. The van der Waals surface area contributed by atoms with Gasteiger partial charge in [0.2, 0.25) is 0 Å². The summed E-state index contributed by atoms with van der Waals surface area (Å²) in [5.74, 6) is 5.09. The van der Waals surface area contributed by atoms with E-state index in [9.17, 15) is 0 Å². The lowest BCUT2D eigenvalue weighted by atomic mass is 9.50. The Labute approximate surface area is 234 Å². The molecule has 11 heteroatoms. The molecule has 3 aliphatic heterocycles. The van der Waals surface area contributed by atoms with Crippen molar-refractivity contribution in [2.24, 2.45) is 0 Å². The first-order chi connectivity index (χ1) is 19.7. The second-order valence-corrected chi connectivity index (χ2v) is 9.86. The van der Waals surface area contributed by atoms with Gasteiger partial charge in [-0.25, -0.2) is 0 Å². The molecule has 0 N–H and O–H groups in total. The summed E-state index contributed by atoms with van der Waals surface area (Å²) in [7, 11) is -0.0924. The second-order valence-electron chi connectivity index (χ2n) is 9.86. The first-order valence-electron chi connectivity index (χ1n) is 13.4. The third kappa shape index (κ3) is 4.88. The van der Waals surface area contributed by atoms with Crippen molar-refractivity contribution in [3.8, 4) is 40.2 Å². The molecule has 0 unspecified atom stereocenters. The maximum absolute atomic E-state index is 6.26. The molecule has 7 rings (SSSR count). The van der Waals surface area contributed by atoms with Crippen molar-refractivity contribution in [1.29, 1.82) is 0 Å². The van der Waals surface area contributed by atoms with E-state index in [1.807, 2.05) is 97.1 Å². The Morgan fingerprint density at radius 2 is 1.02 bits per heavy atom. The van der Waals surface area contributed by atoms with Crippen molar-refractivity contribution in [1.82, 2.24) is 4.81 Å². The molecule has 0 saturated heterocycles. The molecule has 0 spiro atoms. The number of methoxy groups -OCH3 is 1. The minimum atomic E-state index is -0.592. The molecule has 40 heavy (non-hydrogen) atoms. The molecule has 3 aliphatic rings. The number of benzene rings is 4. The monoisotopic (exact) mass is 533 g/mol. The minimum absolute atomic E-state index is 0.262. The van der Waals surface area contributed by atoms with E-state index in [0.717, 1.165) is 22.8 Å². The molecule has 0 radical (unpaired) electrons. The van der Waals surface area contributed by atoms with Gasteiger partial charge in [-0.15, -0.1) is 0 Å². The number of nitrogens with zero attached hydrogens (tertiary/aromatic N) is 1. The van der Waals surface area contributed by atoms with Crippen LogP contribution in [0.3, 0.4) is 0 Å². The maximum atomic E-state index is 6.26. The lowest BCUT2D eigenvalue weighted by Crippen LogP contribution is -2.50. The Balaban J connectivity index is 1.13. The summed E-state index contributed by atoms with van der Waals surface area (Å²) in [5.41, 5.74) is 0.837. The summed E-state index contributed by atoms with van der Waals surface area (Å²) in [6, 6.07) is 31.1. The normalized spacial score (nSPS) is 14.4. The predicted molar refractivity (Wildman–Crippen MR) is 152 cm³/mol. The van der Waals surface area contributed by atoms with E-state index < -0.39 is 21.5 Å². The molecule has 4 aromatic carbocycles. The molecule has 8 nitrogen and oxygen atoms in total. The third-order valence-electron chi connectivity index (χ3n) is 7.27. The van der Waals surface area contributed by atoms with Crippen LogP contribution in [0.4, 0.5) is 0 Å². The van der Waals surface area contributed by atoms with Crippen LogP contribution in [0, 0.1) is 0 Å². The molecule has 198 valence electrons. The van der Waals surface area contributed by atoms with Gasteiger partial charge < -0.3 is 32.7 Å². The highest BCUT2D eigenvalue weighted by Crippen LogP contribution is 2.42. The van der Waals surface area contributed by atoms with Crippen LogP contribution in [0.1, 0.15) is 12.0 Å². The molecule has 0 atom stereocenters. The summed E-state index contributed by atoms with van der Waals surface area (Å²) in [6.45, 7) is 1.18. The SMILES string of the molecule is COc1ccc(CN(CCC(B2Oc3ccccc3O2)B2Oc3ccccc3O2)B2Oc3ccccc3O2)cc1. The van der Waals surface area contributed by atoms with Gasteiger partial charge in [0.15, 0.2) is 0 Å². The zero-order valence-electron chi connectivity index (χ0n) is 22.0. The van der Waals surface area contributed by atoms with Gasteiger partial charge in [0, 0.05) is 6.54 Å². The Hall–Kier alpha value is -4.37. The van der Waals surface area contributed by atoms with Crippen LogP contribution in [0.2, 0.25) is 5.72 Å². The highest BCUT2D eigenvalue weighted by atomic mass is 16.7. The molecular formula is C29H26B3NO7. The van der Waals surface area contributed by atoms with Crippen LogP contribution in [-0.4, -0.2) is 40.0 Å². The molecule has 0 fully saturated rings. The number of hydrogen-bond donors (Lipinski definition) is 0. The van der Waals surface area contributed by atoms with Gasteiger partial charge in [-0.2, -0.15) is 0 Å². The summed E-state index contributed by atoms with van der Waals surface area (Å²) >= 11 is 0. The molecular weight excluding hydrogens is 507 g/mol. The third-order valence-corrected chi connectivity index (χ3v) is 7.27. The molecule has 0 amide bonds. The Morgan fingerprint density at radius 3 is 1.45 bits per heavy atom. The highest BCUT2D eigenvalue weighted by Gasteiger charge is 2.54. The molecule has 3 heterocycles. The van der Waals surface area contributed by atoms with Crippen molar-refractivity contribution in [2.75, 3.05) is 13.7 Å². The topological polar surface area (TPSA) is 67.9 Å². The van der Waals surface area contributed by atoms with Crippen molar-refractivity contribution in [3.63, 3.8) is 0 Å². The Morgan fingerprint density at radius 1 is 0.600 bits per heavy atom. The van der Waals surface area contributed by atoms with Gasteiger partial charge in [0.05, 0.1) is 12.8 Å². The smallest absolute Gasteiger partial charge is 0.523 e.